The van der Waals surface area contributed by atoms with E-state index in [0.717, 1.165) is 34.2 Å². The smallest absolute Gasteiger partial charge is 0.248 e. The fourth-order valence-corrected chi connectivity index (χ4v) is 4.02. The van der Waals surface area contributed by atoms with E-state index in [2.05, 4.69) is 5.32 Å². The van der Waals surface area contributed by atoms with Gasteiger partial charge in [-0.1, -0.05) is 37.3 Å². The lowest BCUT2D eigenvalue weighted by molar-refractivity contribution is -0.116. The molecule has 0 aromatic heterocycles. The number of halogens is 1. The molecule has 0 aliphatic carbocycles. The predicted molar refractivity (Wildman–Crippen MR) is 102 cm³/mol. The highest BCUT2D eigenvalue weighted by Crippen LogP contribution is 2.26. The van der Waals surface area contributed by atoms with Gasteiger partial charge in [0, 0.05) is 5.69 Å². The Hall–Kier alpha value is -2.41. The maximum Gasteiger partial charge on any atom is 0.248 e. The number of amides is 1. The minimum atomic E-state index is -3.87. The van der Waals surface area contributed by atoms with E-state index in [1.807, 2.05) is 32.0 Å². The lowest BCUT2D eigenvalue weighted by Crippen LogP contribution is -2.46. The van der Waals surface area contributed by atoms with Crippen LogP contribution in [0.15, 0.2) is 42.5 Å². The molecule has 1 unspecified atom stereocenters. The first-order valence-electron chi connectivity index (χ1n) is 8.30. The zero-order chi connectivity index (χ0) is 19.5. The summed E-state index contributed by atoms with van der Waals surface area (Å²) >= 11 is 0. The summed E-state index contributed by atoms with van der Waals surface area (Å²) in [6.45, 7) is 5.27. The monoisotopic (exact) mass is 378 g/mol. The van der Waals surface area contributed by atoms with Gasteiger partial charge >= 0.3 is 0 Å². The fourth-order valence-electron chi connectivity index (χ4n) is 2.84. The van der Waals surface area contributed by atoms with Crippen LogP contribution in [-0.2, 0) is 21.2 Å². The van der Waals surface area contributed by atoms with Crippen LogP contribution in [0.2, 0.25) is 0 Å². The molecule has 1 amide bonds. The third-order valence-electron chi connectivity index (χ3n) is 4.17. The van der Waals surface area contributed by atoms with Crippen LogP contribution in [0.25, 0.3) is 0 Å². The van der Waals surface area contributed by atoms with E-state index < -0.39 is 27.8 Å². The molecule has 1 atom stereocenters. The van der Waals surface area contributed by atoms with Crippen molar-refractivity contribution in [3.8, 4) is 0 Å². The molecule has 0 aliphatic heterocycles. The van der Waals surface area contributed by atoms with Crippen LogP contribution in [0, 0.1) is 12.7 Å². The van der Waals surface area contributed by atoms with Gasteiger partial charge < -0.3 is 5.32 Å². The quantitative estimate of drug-likeness (QED) is 0.837. The summed E-state index contributed by atoms with van der Waals surface area (Å²) in [5, 5.41) is 2.80. The van der Waals surface area contributed by atoms with Gasteiger partial charge in [0.1, 0.15) is 11.9 Å². The van der Waals surface area contributed by atoms with Crippen LogP contribution >= 0.6 is 0 Å². The molecule has 0 bridgehead atoms. The largest absolute Gasteiger partial charge is 0.324 e. The summed E-state index contributed by atoms with van der Waals surface area (Å²) in [5.41, 5.74) is 2.33. The molecule has 0 saturated carbocycles. The number of carbonyl (C=O) groups is 1. The number of sulfonamides is 1. The van der Waals surface area contributed by atoms with E-state index in [9.17, 15) is 17.6 Å². The van der Waals surface area contributed by atoms with E-state index in [1.165, 1.54) is 25.1 Å². The maximum atomic E-state index is 14.2. The molecule has 0 saturated heterocycles. The van der Waals surface area contributed by atoms with Crippen LogP contribution < -0.4 is 9.62 Å². The minimum absolute atomic E-state index is 0.154. The van der Waals surface area contributed by atoms with E-state index in [-0.39, 0.29) is 5.69 Å². The third-order valence-corrected chi connectivity index (χ3v) is 5.39. The molecule has 26 heavy (non-hydrogen) atoms. The number of hydrogen-bond donors (Lipinski definition) is 1. The normalized spacial score (nSPS) is 12.5. The van der Waals surface area contributed by atoms with Crippen molar-refractivity contribution in [3.05, 3.63) is 59.4 Å². The van der Waals surface area contributed by atoms with E-state index in [1.54, 1.807) is 0 Å². The van der Waals surface area contributed by atoms with Gasteiger partial charge in [-0.25, -0.2) is 12.8 Å². The van der Waals surface area contributed by atoms with Crippen molar-refractivity contribution in [2.24, 2.45) is 0 Å². The Kier molecular flexibility index (Phi) is 6.02. The number of nitrogens with zero attached hydrogens (tertiary/aromatic N) is 1. The number of nitrogens with one attached hydrogen (secondary N) is 1. The van der Waals surface area contributed by atoms with Gasteiger partial charge in [0.15, 0.2) is 0 Å². The molecule has 0 aliphatic rings. The number of rotatable bonds is 6. The minimum Gasteiger partial charge on any atom is -0.324 e. The van der Waals surface area contributed by atoms with Crippen molar-refractivity contribution in [2.75, 3.05) is 15.9 Å². The summed E-state index contributed by atoms with van der Waals surface area (Å²) in [6, 6.07) is 10.0. The molecular formula is C19H23FN2O3S. The highest BCUT2D eigenvalue weighted by atomic mass is 32.2. The highest BCUT2D eigenvalue weighted by Gasteiger charge is 2.31. The first kappa shape index (κ1) is 19.9. The van der Waals surface area contributed by atoms with Crippen LogP contribution in [0.4, 0.5) is 15.8 Å². The zero-order valence-electron chi connectivity index (χ0n) is 15.3. The summed E-state index contributed by atoms with van der Waals surface area (Å²) in [4.78, 5) is 12.8. The van der Waals surface area contributed by atoms with Crippen molar-refractivity contribution in [2.45, 2.75) is 33.2 Å². The molecular weight excluding hydrogens is 355 g/mol. The Bertz CT molecular complexity index is 913. The first-order valence-corrected chi connectivity index (χ1v) is 10.1. The molecule has 0 radical (unpaired) electrons. The van der Waals surface area contributed by atoms with Crippen molar-refractivity contribution >= 4 is 27.3 Å². The number of benzene rings is 2. The number of anilines is 2. The highest BCUT2D eigenvalue weighted by molar-refractivity contribution is 7.92. The van der Waals surface area contributed by atoms with E-state index >= 15 is 0 Å². The molecule has 2 aromatic carbocycles. The summed E-state index contributed by atoms with van der Waals surface area (Å²) in [5.74, 6) is -1.23. The Labute approximate surface area is 153 Å². The Morgan fingerprint density at radius 2 is 1.85 bits per heavy atom. The summed E-state index contributed by atoms with van der Waals surface area (Å²) in [6.07, 6.45) is 1.67. The van der Waals surface area contributed by atoms with Crippen molar-refractivity contribution < 1.29 is 17.6 Å². The van der Waals surface area contributed by atoms with Gasteiger partial charge in [0.25, 0.3) is 0 Å². The molecule has 2 rings (SSSR count). The molecule has 0 heterocycles. The number of para-hydroxylation sites is 2. The van der Waals surface area contributed by atoms with Gasteiger partial charge in [-0.05, 0) is 43.5 Å². The Morgan fingerprint density at radius 3 is 2.42 bits per heavy atom. The first-order chi connectivity index (χ1) is 12.2. The second-order valence-electron chi connectivity index (χ2n) is 6.14. The predicted octanol–water partition coefficient (Wildman–Crippen LogP) is 3.49. The molecule has 7 heteroatoms. The average Bonchev–Trinajstić information content (AvgIpc) is 2.57. The average molecular weight is 378 g/mol. The number of carbonyl (C=O) groups excluding carboxylic acids is 1. The van der Waals surface area contributed by atoms with Gasteiger partial charge in [-0.15, -0.1) is 0 Å². The topological polar surface area (TPSA) is 66.5 Å². The Balaban J connectivity index is 2.40. The molecule has 0 fully saturated rings. The zero-order valence-corrected chi connectivity index (χ0v) is 16.1. The lowest BCUT2D eigenvalue weighted by Gasteiger charge is -2.29. The SMILES string of the molecule is CCc1cccc(C)c1NC(=O)C(C)N(c1ccccc1F)S(C)(=O)=O. The van der Waals surface area contributed by atoms with Crippen LogP contribution in [0.5, 0.6) is 0 Å². The summed E-state index contributed by atoms with van der Waals surface area (Å²) in [7, 11) is -3.87. The summed E-state index contributed by atoms with van der Waals surface area (Å²) < 4.78 is 39.5. The van der Waals surface area contributed by atoms with Crippen LogP contribution in [0.3, 0.4) is 0 Å². The Morgan fingerprint density at radius 1 is 1.19 bits per heavy atom. The standard InChI is InChI=1S/C19H23FN2O3S/c1-5-15-10-8-9-13(2)18(15)21-19(23)14(3)22(26(4,24)25)17-12-7-6-11-16(17)20/h6-12,14H,5H2,1-4H3,(H,21,23). The third kappa shape index (κ3) is 4.22. The van der Waals surface area contributed by atoms with Crippen molar-refractivity contribution in [1.82, 2.24) is 0 Å². The molecule has 5 nitrogen and oxygen atoms in total. The van der Waals surface area contributed by atoms with Crippen molar-refractivity contribution in [1.29, 1.82) is 0 Å². The van der Waals surface area contributed by atoms with Crippen molar-refractivity contribution in [3.63, 3.8) is 0 Å². The van der Waals surface area contributed by atoms with Gasteiger partial charge in [0.05, 0.1) is 11.9 Å². The number of aryl methyl sites for hydroxylation is 2. The van der Waals surface area contributed by atoms with Crippen LogP contribution in [0.1, 0.15) is 25.0 Å². The molecule has 140 valence electrons. The second kappa shape index (κ2) is 7.86. The lowest BCUT2D eigenvalue weighted by atomic mass is 10.1. The van der Waals surface area contributed by atoms with Gasteiger partial charge in [-0.3, -0.25) is 9.10 Å². The number of hydrogen-bond acceptors (Lipinski definition) is 3. The molecule has 0 spiro atoms. The van der Waals surface area contributed by atoms with Gasteiger partial charge in [0.2, 0.25) is 15.9 Å². The second-order valence-corrected chi connectivity index (χ2v) is 8.00. The van der Waals surface area contributed by atoms with Crippen LogP contribution in [-0.4, -0.2) is 26.6 Å². The molecule has 1 N–H and O–H groups in total. The van der Waals surface area contributed by atoms with E-state index in [4.69, 9.17) is 0 Å². The molecule has 2 aromatic rings. The van der Waals surface area contributed by atoms with E-state index in [0.29, 0.717) is 5.69 Å². The fraction of sp³-hybridized carbons (Fsp3) is 0.316. The van der Waals surface area contributed by atoms with Gasteiger partial charge in [-0.2, -0.15) is 0 Å². The maximum absolute atomic E-state index is 14.2.